The normalized spacial score (nSPS) is 22.5. The second kappa shape index (κ2) is 5.15. The van der Waals surface area contributed by atoms with Crippen LogP contribution < -0.4 is 0 Å². The van der Waals surface area contributed by atoms with Crippen molar-refractivity contribution in [3.05, 3.63) is 12.7 Å². The van der Waals surface area contributed by atoms with Gasteiger partial charge < -0.3 is 9.80 Å². The maximum absolute atomic E-state index is 11.4. The number of rotatable bonds is 3. The first-order chi connectivity index (χ1) is 6.63. The first-order valence-electron chi connectivity index (χ1n) is 5.19. The van der Waals surface area contributed by atoms with Gasteiger partial charge in [0.05, 0.1) is 0 Å². The molecular formula is C11H20N2O. The Morgan fingerprint density at radius 3 is 2.93 bits per heavy atom. The lowest BCUT2D eigenvalue weighted by atomic mass is 9.97. The Labute approximate surface area is 86.4 Å². The number of nitrogens with zero attached hydrogens (tertiary/aromatic N) is 2. The fourth-order valence-electron chi connectivity index (χ4n) is 2.06. The molecule has 0 N–H and O–H groups in total. The monoisotopic (exact) mass is 196 g/mol. The van der Waals surface area contributed by atoms with Crippen molar-refractivity contribution in [2.75, 3.05) is 33.7 Å². The molecule has 1 rings (SSSR count). The van der Waals surface area contributed by atoms with E-state index in [2.05, 4.69) is 25.6 Å². The van der Waals surface area contributed by atoms with E-state index in [1.165, 1.54) is 12.5 Å². The molecule has 1 heterocycles. The van der Waals surface area contributed by atoms with E-state index in [0.29, 0.717) is 5.92 Å². The van der Waals surface area contributed by atoms with Crippen LogP contribution in [-0.2, 0) is 4.79 Å². The van der Waals surface area contributed by atoms with Gasteiger partial charge in [-0.3, -0.25) is 4.79 Å². The third-order valence-electron chi connectivity index (χ3n) is 2.63. The summed E-state index contributed by atoms with van der Waals surface area (Å²) >= 11 is 0. The molecule has 14 heavy (non-hydrogen) atoms. The fraction of sp³-hybridized carbons (Fsp3) is 0.727. The van der Waals surface area contributed by atoms with E-state index in [-0.39, 0.29) is 5.91 Å². The van der Waals surface area contributed by atoms with Gasteiger partial charge in [0.2, 0.25) is 5.91 Å². The molecule has 0 aliphatic carbocycles. The number of amides is 1. The summed E-state index contributed by atoms with van der Waals surface area (Å²) < 4.78 is 0. The number of carbonyl (C=O) groups excluding carboxylic acids is 1. The third kappa shape index (κ3) is 3.14. The average molecular weight is 196 g/mol. The fourth-order valence-corrected chi connectivity index (χ4v) is 2.06. The quantitative estimate of drug-likeness (QED) is 0.628. The smallest absolute Gasteiger partial charge is 0.245 e. The molecule has 0 aromatic heterocycles. The van der Waals surface area contributed by atoms with Gasteiger partial charge in [0.15, 0.2) is 0 Å². The van der Waals surface area contributed by atoms with E-state index >= 15 is 0 Å². The van der Waals surface area contributed by atoms with Crippen molar-refractivity contribution < 1.29 is 4.79 Å². The lowest BCUT2D eigenvalue weighted by Gasteiger charge is -2.33. The lowest BCUT2D eigenvalue weighted by molar-refractivity contribution is -0.127. The van der Waals surface area contributed by atoms with E-state index in [1.54, 1.807) is 0 Å². The van der Waals surface area contributed by atoms with E-state index in [1.807, 2.05) is 4.90 Å². The summed E-state index contributed by atoms with van der Waals surface area (Å²) in [6.45, 7) is 6.38. The van der Waals surface area contributed by atoms with Crippen molar-refractivity contribution in [2.45, 2.75) is 12.8 Å². The van der Waals surface area contributed by atoms with E-state index in [0.717, 1.165) is 26.1 Å². The second-order valence-corrected chi connectivity index (χ2v) is 4.26. The van der Waals surface area contributed by atoms with Crippen LogP contribution in [0.1, 0.15) is 12.8 Å². The van der Waals surface area contributed by atoms with Crippen molar-refractivity contribution >= 4 is 5.91 Å². The van der Waals surface area contributed by atoms with Gasteiger partial charge in [-0.2, -0.15) is 0 Å². The van der Waals surface area contributed by atoms with Crippen LogP contribution in [0.15, 0.2) is 12.7 Å². The van der Waals surface area contributed by atoms with E-state index in [4.69, 9.17) is 0 Å². The van der Waals surface area contributed by atoms with Crippen molar-refractivity contribution in [3.8, 4) is 0 Å². The van der Waals surface area contributed by atoms with Crippen LogP contribution >= 0.6 is 0 Å². The first kappa shape index (κ1) is 11.2. The number of carbonyl (C=O) groups is 1. The molecule has 0 radical (unpaired) electrons. The zero-order valence-electron chi connectivity index (χ0n) is 9.20. The molecule has 1 fully saturated rings. The molecule has 3 nitrogen and oxygen atoms in total. The third-order valence-corrected chi connectivity index (χ3v) is 2.63. The second-order valence-electron chi connectivity index (χ2n) is 4.26. The Hall–Kier alpha value is -0.830. The molecule has 1 unspecified atom stereocenters. The van der Waals surface area contributed by atoms with E-state index < -0.39 is 0 Å². The number of piperidine rings is 1. The molecule has 1 aliphatic rings. The number of likely N-dealkylation sites (tertiary alicyclic amines) is 1. The highest BCUT2D eigenvalue weighted by molar-refractivity contribution is 5.87. The summed E-state index contributed by atoms with van der Waals surface area (Å²) in [5, 5.41) is 0. The largest absolute Gasteiger partial charge is 0.339 e. The van der Waals surface area contributed by atoms with Gasteiger partial charge in [-0.25, -0.2) is 0 Å². The lowest BCUT2D eigenvalue weighted by Crippen LogP contribution is -2.41. The van der Waals surface area contributed by atoms with Gasteiger partial charge >= 0.3 is 0 Å². The summed E-state index contributed by atoms with van der Waals surface area (Å²) in [6.07, 6.45) is 3.77. The highest BCUT2D eigenvalue weighted by Gasteiger charge is 2.22. The molecular weight excluding hydrogens is 176 g/mol. The molecule has 1 aliphatic heterocycles. The summed E-state index contributed by atoms with van der Waals surface area (Å²) in [5.41, 5.74) is 0. The van der Waals surface area contributed by atoms with Gasteiger partial charge in [-0.1, -0.05) is 6.58 Å². The van der Waals surface area contributed by atoms with Crippen LogP contribution in [0.5, 0.6) is 0 Å². The summed E-state index contributed by atoms with van der Waals surface area (Å²) in [7, 11) is 4.16. The standard InChI is InChI=1S/C11H20N2O/c1-4-11(14)13-7-5-6-10(9-13)8-12(2)3/h4,10H,1,5-9H2,2-3H3. The molecule has 0 aromatic carbocycles. The van der Waals surface area contributed by atoms with Gasteiger partial charge in [0.25, 0.3) is 0 Å². The van der Waals surface area contributed by atoms with Crippen molar-refractivity contribution in [1.29, 1.82) is 0 Å². The molecule has 1 atom stereocenters. The molecule has 0 bridgehead atoms. The van der Waals surface area contributed by atoms with Crippen LogP contribution in [0.4, 0.5) is 0 Å². The minimum absolute atomic E-state index is 0.0773. The van der Waals surface area contributed by atoms with Crippen LogP contribution in [0, 0.1) is 5.92 Å². The molecule has 0 spiro atoms. The van der Waals surface area contributed by atoms with Gasteiger partial charge in [0.1, 0.15) is 0 Å². The van der Waals surface area contributed by atoms with Gasteiger partial charge in [-0.15, -0.1) is 0 Å². The van der Waals surface area contributed by atoms with E-state index in [9.17, 15) is 4.79 Å². The van der Waals surface area contributed by atoms with Crippen molar-refractivity contribution in [3.63, 3.8) is 0 Å². The maximum atomic E-state index is 11.4. The molecule has 80 valence electrons. The Bertz CT molecular complexity index is 213. The van der Waals surface area contributed by atoms with Crippen LogP contribution in [0.3, 0.4) is 0 Å². The maximum Gasteiger partial charge on any atom is 0.245 e. The molecule has 1 amide bonds. The Kier molecular flexibility index (Phi) is 4.14. The topological polar surface area (TPSA) is 23.6 Å². The summed E-state index contributed by atoms with van der Waals surface area (Å²) in [4.78, 5) is 15.5. The minimum Gasteiger partial charge on any atom is -0.339 e. The highest BCUT2D eigenvalue weighted by Crippen LogP contribution is 2.17. The van der Waals surface area contributed by atoms with Crippen LogP contribution in [0.25, 0.3) is 0 Å². The average Bonchev–Trinajstić information content (AvgIpc) is 2.16. The van der Waals surface area contributed by atoms with Crippen LogP contribution in [0.2, 0.25) is 0 Å². The van der Waals surface area contributed by atoms with Crippen LogP contribution in [-0.4, -0.2) is 49.4 Å². The Morgan fingerprint density at radius 2 is 2.36 bits per heavy atom. The first-order valence-corrected chi connectivity index (χ1v) is 5.19. The van der Waals surface area contributed by atoms with Gasteiger partial charge in [0, 0.05) is 19.6 Å². The molecule has 1 saturated heterocycles. The predicted molar refractivity (Wildman–Crippen MR) is 58.1 cm³/mol. The van der Waals surface area contributed by atoms with Gasteiger partial charge in [-0.05, 0) is 38.9 Å². The number of hydrogen-bond acceptors (Lipinski definition) is 2. The molecule has 0 aromatic rings. The van der Waals surface area contributed by atoms with Crippen molar-refractivity contribution in [1.82, 2.24) is 9.80 Å². The molecule has 3 heteroatoms. The highest BCUT2D eigenvalue weighted by atomic mass is 16.2. The summed E-state index contributed by atoms with van der Waals surface area (Å²) in [6, 6.07) is 0. The zero-order chi connectivity index (χ0) is 10.6. The minimum atomic E-state index is 0.0773. The Balaban J connectivity index is 2.43. The SMILES string of the molecule is C=CC(=O)N1CCCC(CN(C)C)C1. The predicted octanol–water partition coefficient (Wildman–Crippen LogP) is 0.973. The van der Waals surface area contributed by atoms with Crippen molar-refractivity contribution in [2.24, 2.45) is 5.92 Å². The summed E-state index contributed by atoms with van der Waals surface area (Å²) in [5.74, 6) is 0.705. The zero-order valence-corrected chi connectivity index (χ0v) is 9.20. The molecule has 0 saturated carbocycles. The Morgan fingerprint density at radius 1 is 1.64 bits per heavy atom. The number of hydrogen-bond donors (Lipinski definition) is 0.